The van der Waals surface area contributed by atoms with Crippen molar-refractivity contribution in [2.75, 3.05) is 0 Å². The topological polar surface area (TPSA) is 131 Å². The summed E-state index contributed by atoms with van der Waals surface area (Å²) in [5.41, 5.74) is 5.56. The third kappa shape index (κ3) is 9.86. The van der Waals surface area contributed by atoms with Crippen molar-refractivity contribution in [3.8, 4) is 0 Å². The van der Waals surface area contributed by atoms with Crippen LogP contribution in [0.1, 0.15) is 110 Å². The van der Waals surface area contributed by atoms with Crippen molar-refractivity contribution in [2.24, 2.45) is 5.73 Å². The standard InChI is InChI=1S/C30H48N4O5/c1-8-30(6,7)34(27(37)23(18-19-24(31)35)33-28(38)39-29(3,4)5)25(21-16-14-20(2)15-17-21)26(36)32-22-12-10-9-11-13-22/h14-17,22-23,25H,8-13,18-19H2,1-7H3,(H2,31,35)(H,32,36)(H,33,38). The summed E-state index contributed by atoms with van der Waals surface area (Å²) in [6.45, 7) is 12.9. The number of ether oxygens (including phenoxy) is 1. The van der Waals surface area contributed by atoms with Crippen LogP contribution in [0.2, 0.25) is 0 Å². The summed E-state index contributed by atoms with van der Waals surface area (Å²) in [5, 5.41) is 5.85. The SMILES string of the molecule is CCC(C)(C)N(C(=O)C(CCC(N)=O)NC(=O)OC(C)(C)C)C(C(=O)NC1CCCCC1)c1ccc(C)cc1. The molecule has 9 nitrogen and oxygen atoms in total. The minimum atomic E-state index is -1.12. The predicted molar refractivity (Wildman–Crippen MR) is 152 cm³/mol. The second kappa shape index (κ2) is 13.8. The first-order chi connectivity index (χ1) is 18.1. The van der Waals surface area contributed by atoms with Crippen molar-refractivity contribution >= 4 is 23.8 Å². The average molecular weight is 545 g/mol. The van der Waals surface area contributed by atoms with Crippen molar-refractivity contribution in [1.29, 1.82) is 0 Å². The number of amides is 4. The van der Waals surface area contributed by atoms with Crippen LogP contribution in [0, 0.1) is 6.92 Å². The summed E-state index contributed by atoms with van der Waals surface area (Å²) in [7, 11) is 0. The Kier molecular flexibility index (Phi) is 11.4. The van der Waals surface area contributed by atoms with E-state index in [-0.39, 0.29) is 24.8 Å². The van der Waals surface area contributed by atoms with E-state index < -0.39 is 41.1 Å². The lowest BCUT2D eigenvalue weighted by atomic mass is 9.90. The zero-order valence-electron chi connectivity index (χ0n) is 24.8. The van der Waals surface area contributed by atoms with Gasteiger partial charge in [0.25, 0.3) is 0 Å². The molecule has 2 unspecified atom stereocenters. The first kappa shape index (κ1) is 32.1. The quantitative estimate of drug-likeness (QED) is 0.373. The average Bonchev–Trinajstić information content (AvgIpc) is 2.84. The van der Waals surface area contributed by atoms with Crippen LogP contribution in [-0.4, -0.2) is 51.9 Å². The molecule has 9 heteroatoms. The van der Waals surface area contributed by atoms with Gasteiger partial charge in [0.05, 0.1) is 0 Å². The summed E-state index contributed by atoms with van der Waals surface area (Å²) in [4.78, 5) is 54.3. The summed E-state index contributed by atoms with van der Waals surface area (Å²) in [5.74, 6) is -1.32. The van der Waals surface area contributed by atoms with Crippen LogP contribution in [0.15, 0.2) is 24.3 Å². The van der Waals surface area contributed by atoms with Crippen LogP contribution >= 0.6 is 0 Å². The maximum atomic E-state index is 14.4. The Labute approximate surface area is 233 Å². The van der Waals surface area contributed by atoms with Crippen molar-refractivity contribution in [3.63, 3.8) is 0 Å². The number of rotatable bonds is 11. The molecule has 4 N–H and O–H groups in total. The zero-order chi connectivity index (χ0) is 29.4. The van der Waals surface area contributed by atoms with E-state index in [2.05, 4.69) is 10.6 Å². The molecule has 1 aromatic carbocycles. The number of alkyl carbamates (subject to hydrolysis) is 1. The molecule has 0 heterocycles. The highest BCUT2D eigenvalue weighted by Crippen LogP contribution is 2.33. The van der Waals surface area contributed by atoms with Crippen LogP contribution in [-0.2, 0) is 19.1 Å². The number of nitrogens with zero attached hydrogens (tertiary/aromatic N) is 1. The molecular formula is C30H48N4O5. The fourth-order valence-electron chi connectivity index (χ4n) is 4.80. The van der Waals surface area contributed by atoms with Gasteiger partial charge >= 0.3 is 6.09 Å². The van der Waals surface area contributed by atoms with Gasteiger partial charge in [-0.05, 0) is 72.8 Å². The van der Waals surface area contributed by atoms with Gasteiger partial charge in [0.2, 0.25) is 17.7 Å². The Morgan fingerprint density at radius 2 is 1.62 bits per heavy atom. The van der Waals surface area contributed by atoms with Gasteiger partial charge in [-0.1, -0.05) is 56.0 Å². The molecule has 0 saturated heterocycles. The van der Waals surface area contributed by atoms with Crippen molar-refractivity contribution in [2.45, 2.75) is 129 Å². The molecule has 39 heavy (non-hydrogen) atoms. The van der Waals surface area contributed by atoms with Crippen molar-refractivity contribution in [3.05, 3.63) is 35.4 Å². The number of nitrogens with two attached hydrogens (primary N) is 1. The van der Waals surface area contributed by atoms with Crippen molar-refractivity contribution in [1.82, 2.24) is 15.5 Å². The largest absolute Gasteiger partial charge is 0.444 e. The highest BCUT2D eigenvalue weighted by atomic mass is 16.6. The molecule has 0 radical (unpaired) electrons. The number of carbonyl (C=O) groups is 4. The molecule has 1 saturated carbocycles. The molecular weight excluding hydrogens is 496 g/mol. The van der Waals surface area contributed by atoms with Crippen molar-refractivity contribution < 1.29 is 23.9 Å². The number of carbonyl (C=O) groups excluding carboxylic acids is 4. The first-order valence-corrected chi connectivity index (χ1v) is 14.1. The number of hydrogen-bond donors (Lipinski definition) is 3. The van der Waals surface area contributed by atoms with E-state index in [1.165, 1.54) is 0 Å². The molecule has 1 aliphatic carbocycles. The lowest BCUT2D eigenvalue weighted by molar-refractivity contribution is -0.150. The van der Waals surface area contributed by atoms with Gasteiger partial charge in [-0.25, -0.2) is 4.79 Å². The van der Waals surface area contributed by atoms with Crippen LogP contribution in [0.3, 0.4) is 0 Å². The Hall–Kier alpha value is -3.10. The van der Waals surface area contributed by atoms with E-state index in [4.69, 9.17) is 10.5 Å². The number of benzene rings is 1. The molecule has 2 rings (SSSR count). The van der Waals surface area contributed by atoms with Crippen LogP contribution in [0.5, 0.6) is 0 Å². The maximum absolute atomic E-state index is 14.4. The second-order valence-electron chi connectivity index (χ2n) is 12.2. The molecule has 1 aliphatic rings. The van der Waals surface area contributed by atoms with Gasteiger partial charge in [-0.3, -0.25) is 14.4 Å². The summed E-state index contributed by atoms with van der Waals surface area (Å²) in [6.07, 6.45) is 4.70. The van der Waals surface area contributed by atoms with Crippen LogP contribution in [0.25, 0.3) is 0 Å². The van der Waals surface area contributed by atoms with E-state index >= 15 is 0 Å². The summed E-state index contributed by atoms with van der Waals surface area (Å²) in [6, 6.07) is 5.56. The minimum Gasteiger partial charge on any atom is -0.444 e. The highest BCUT2D eigenvalue weighted by Gasteiger charge is 2.43. The fraction of sp³-hybridized carbons (Fsp3) is 0.667. The van der Waals surface area contributed by atoms with Gasteiger partial charge in [0.15, 0.2) is 0 Å². The zero-order valence-corrected chi connectivity index (χ0v) is 24.8. The number of hydrogen-bond acceptors (Lipinski definition) is 5. The Morgan fingerprint density at radius 3 is 2.13 bits per heavy atom. The monoisotopic (exact) mass is 544 g/mol. The molecule has 1 aromatic rings. The van der Waals surface area contributed by atoms with Gasteiger partial charge in [0.1, 0.15) is 17.7 Å². The molecule has 1 fully saturated rings. The molecule has 0 bridgehead atoms. The van der Waals surface area contributed by atoms with E-state index in [0.29, 0.717) is 12.0 Å². The number of nitrogens with one attached hydrogen (secondary N) is 2. The second-order valence-corrected chi connectivity index (χ2v) is 12.2. The van der Waals surface area contributed by atoms with Gasteiger partial charge in [-0.2, -0.15) is 0 Å². The molecule has 0 aromatic heterocycles. The lowest BCUT2D eigenvalue weighted by Crippen LogP contribution is -2.60. The Balaban J connectivity index is 2.55. The molecule has 0 spiro atoms. The summed E-state index contributed by atoms with van der Waals surface area (Å²) >= 11 is 0. The minimum absolute atomic E-state index is 0.0193. The first-order valence-electron chi connectivity index (χ1n) is 14.1. The van der Waals surface area contributed by atoms with Gasteiger partial charge < -0.3 is 26.0 Å². The van der Waals surface area contributed by atoms with E-state index in [1.807, 2.05) is 52.0 Å². The van der Waals surface area contributed by atoms with Gasteiger partial charge in [0, 0.05) is 18.0 Å². The molecule has 0 aliphatic heterocycles. The third-order valence-corrected chi connectivity index (χ3v) is 7.27. The third-order valence-electron chi connectivity index (χ3n) is 7.27. The van der Waals surface area contributed by atoms with E-state index in [1.54, 1.807) is 25.7 Å². The Bertz CT molecular complexity index is 994. The smallest absolute Gasteiger partial charge is 0.408 e. The normalized spacial score (nSPS) is 16.1. The molecule has 4 amide bonds. The number of primary amides is 1. The van der Waals surface area contributed by atoms with Gasteiger partial charge in [-0.15, -0.1) is 0 Å². The van der Waals surface area contributed by atoms with E-state index in [0.717, 1.165) is 37.7 Å². The fourth-order valence-corrected chi connectivity index (χ4v) is 4.80. The number of aryl methyl sites for hydroxylation is 1. The Morgan fingerprint density at radius 1 is 1.03 bits per heavy atom. The van der Waals surface area contributed by atoms with Crippen LogP contribution in [0.4, 0.5) is 4.79 Å². The summed E-state index contributed by atoms with van der Waals surface area (Å²) < 4.78 is 5.41. The highest BCUT2D eigenvalue weighted by molar-refractivity contribution is 5.93. The maximum Gasteiger partial charge on any atom is 0.408 e. The lowest BCUT2D eigenvalue weighted by Gasteiger charge is -2.45. The predicted octanol–water partition coefficient (Wildman–Crippen LogP) is 4.66. The van der Waals surface area contributed by atoms with E-state index in [9.17, 15) is 19.2 Å². The van der Waals surface area contributed by atoms with Crippen LogP contribution < -0.4 is 16.4 Å². The molecule has 218 valence electrons. The molecule has 2 atom stereocenters.